The number of amides is 1. The molecule has 2 aromatic rings. The van der Waals surface area contributed by atoms with Crippen LogP contribution in [0.15, 0.2) is 48.5 Å². The van der Waals surface area contributed by atoms with E-state index in [2.05, 4.69) is 53.5 Å². The van der Waals surface area contributed by atoms with Crippen LogP contribution in [0.5, 0.6) is 0 Å². The highest BCUT2D eigenvalue weighted by atomic mass is 19.1. The lowest BCUT2D eigenvalue weighted by molar-refractivity contribution is -0.117. The van der Waals surface area contributed by atoms with E-state index in [1.807, 2.05) is 0 Å². The average molecular weight is 468 g/mol. The lowest BCUT2D eigenvalue weighted by Crippen LogP contribution is -2.37. The second-order valence-corrected chi connectivity index (χ2v) is 9.98. The first-order valence-corrected chi connectivity index (χ1v) is 12.3. The van der Waals surface area contributed by atoms with Crippen molar-refractivity contribution in [2.45, 2.75) is 44.1 Å². The number of nitrogens with one attached hydrogen (secondary N) is 1. The number of hydrogen-bond acceptors (Lipinski definition) is 3. The molecule has 0 spiro atoms. The molecule has 1 saturated heterocycles. The zero-order chi connectivity index (χ0) is 24.1. The molecule has 1 saturated carbocycles. The third-order valence-electron chi connectivity index (χ3n) is 7.18. The summed E-state index contributed by atoms with van der Waals surface area (Å²) in [5, 5.41) is 3.05. The van der Waals surface area contributed by atoms with E-state index in [-0.39, 0.29) is 11.9 Å². The summed E-state index contributed by atoms with van der Waals surface area (Å²) in [5.41, 5.74) is 3.03. The molecule has 2 atom stereocenters. The van der Waals surface area contributed by atoms with Gasteiger partial charge in [0.2, 0.25) is 5.91 Å². The number of hydrogen-bond donors (Lipinski definition) is 1. The standard InChI is InChI=1S/C28H35F2N3O/c1-32(2)27-8-5-22(6-9-27)23-11-13-33(14-12-23)19-21-3-7-26(17-21)31-28(34)10-4-20-15-24(29)18-25(30)16-20/h4-6,8-10,15-16,18,21,23,26H,3,7,11-14,17,19H2,1-2H3,(H,31,34)/b10-4+/t21-,26+/m1/s1. The molecule has 1 amide bonds. The highest BCUT2D eigenvalue weighted by Crippen LogP contribution is 2.32. The molecular weight excluding hydrogens is 432 g/mol. The fraction of sp³-hybridized carbons (Fsp3) is 0.464. The zero-order valence-corrected chi connectivity index (χ0v) is 20.1. The van der Waals surface area contributed by atoms with Gasteiger partial charge in [-0.25, -0.2) is 8.78 Å². The van der Waals surface area contributed by atoms with Crippen molar-refractivity contribution in [1.82, 2.24) is 10.2 Å². The number of rotatable bonds is 7. The second kappa shape index (κ2) is 11.1. The summed E-state index contributed by atoms with van der Waals surface area (Å²) in [6.45, 7) is 3.35. The molecule has 1 aliphatic heterocycles. The van der Waals surface area contributed by atoms with Gasteiger partial charge >= 0.3 is 0 Å². The van der Waals surface area contributed by atoms with E-state index >= 15 is 0 Å². The number of benzene rings is 2. The minimum Gasteiger partial charge on any atom is -0.378 e. The van der Waals surface area contributed by atoms with Crippen molar-refractivity contribution in [3.63, 3.8) is 0 Å². The second-order valence-electron chi connectivity index (χ2n) is 9.98. The Labute approximate surface area is 201 Å². The van der Waals surface area contributed by atoms with E-state index in [4.69, 9.17) is 0 Å². The summed E-state index contributed by atoms with van der Waals surface area (Å²) in [4.78, 5) is 17.0. The molecule has 182 valence electrons. The van der Waals surface area contributed by atoms with Crippen molar-refractivity contribution >= 4 is 17.7 Å². The van der Waals surface area contributed by atoms with Crippen LogP contribution in [0, 0.1) is 17.6 Å². The monoisotopic (exact) mass is 467 g/mol. The van der Waals surface area contributed by atoms with Gasteiger partial charge in [-0.15, -0.1) is 0 Å². The predicted molar refractivity (Wildman–Crippen MR) is 134 cm³/mol. The van der Waals surface area contributed by atoms with Crippen molar-refractivity contribution in [2.75, 3.05) is 38.6 Å². The Bertz CT molecular complexity index is 977. The van der Waals surface area contributed by atoms with Crippen LogP contribution in [-0.2, 0) is 4.79 Å². The molecule has 0 aromatic heterocycles. The van der Waals surface area contributed by atoms with Crippen LogP contribution < -0.4 is 10.2 Å². The summed E-state index contributed by atoms with van der Waals surface area (Å²) in [6.07, 6.45) is 8.28. The Morgan fingerprint density at radius 3 is 2.35 bits per heavy atom. The highest BCUT2D eigenvalue weighted by Gasteiger charge is 2.29. The lowest BCUT2D eigenvalue weighted by Gasteiger charge is -2.34. The van der Waals surface area contributed by atoms with Gasteiger partial charge in [0.1, 0.15) is 11.6 Å². The SMILES string of the molecule is CN(C)c1ccc(C2CCN(C[C@@H]3CC[C@H](NC(=O)/C=C/c4cc(F)cc(F)c4)C3)CC2)cc1. The number of carbonyl (C=O) groups excluding carboxylic acids is 1. The van der Waals surface area contributed by atoms with E-state index < -0.39 is 11.6 Å². The van der Waals surface area contributed by atoms with Crippen molar-refractivity contribution in [1.29, 1.82) is 0 Å². The lowest BCUT2D eigenvalue weighted by atomic mass is 9.89. The molecule has 0 unspecified atom stereocenters. The maximum atomic E-state index is 13.3. The van der Waals surface area contributed by atoms with Crippen LogP contribution in [0.2, 0.25) is 0 Å². The van der Waals surface area contributed by atoms with Crippen LogP contribution in [-0.4, -0.2) is 50.6 Å². The summed E-state index contributed by atoms with van der Waals surface area (Å²) < 4.78 is 26.6. The van der Waals surface area contributed by atoms with E-state index in [1.165, 1.54) is 48.4 Å². The van der Waals surface area contributed by atoms with Gasteiger partial charge in [0, 0.05) is 44.5 Å². The molecule has 1 heterocycles. The molecule has 2 aliphatic rings. The Balaban J connectivity index is 1.19. The predicted octanol–water partition coefficient (Wildman–Crippen LogP) is 5.21. The van der Waals surface area contributed by atoms with E-state index in [1.54, 1.807) is 0 Å². The van der Waals surface area contributed by atoms with Crippen molar-refractivity contribution in [2.24, 2.45) is 5.92 Å². The largest absolute Gasteiger partial charge is 0.378 e. The maximum Gasteiger partial charge on any atom is 0.244 e. The first-order valence-electron chi connectivity index (χ1n) is 12.3. The third-order valence-corrected chi connectivity index (χ3v) is 7.18. The summed E-state index contributed by atoms with van der Waals surface area (Å²) in [5.74, 6) is -0.268. The van der Waals surface area contributed by atoms with Crippen LogP contribution in [0.3, 0.4) is 0 Å². The van der Waals surface area contributed by atoms with E-state index in [0.29, 0.717) is 17.4 Å². The van der Waals surface area contributed by atoms with Crippen LogP contribution >= 0.6 is 0 Å². The Hall–Kier alpha value is -2.73. The van der Waals surface area contributed by atoms with Gasteiger partial charge in [0.15, 0.2) is 0 Å². The number of piperidine rings is 1. The molecule has 1 N–H and O–H groups in total. The Morgan fingerprint density at radius 1 is 1.03 bits per heavy atom. The summed E-state index contributed by atoms with van der Waals surface area (Å²) >= 11 is 0. The molecule has 2 fully saturated rings. The van der Waals surface area contributed by atoms with Crippen molar-refractivity contribution < 1.29 is 13.6 Å². The minimum absolute atomic E-state index is 0.166. The fourth-order valence-electron chi connectivity index (χ4n) is 5.32. The maximum absolute atomic E-state index is 13.3. The molecule has 34 heavy (non-hydrogen) atoms. The fourth-order valence-corrected chi connectivity index (χ4v) is 5.32. The summed E-state index contributed by atoms with van der Waals surface area (Å²) in [6, 6.07) is 12.4. The highest BCUT2D eigenvalue weighted by molar-refractivity contribution is 5.91. The van der Waals surface area contributed by atoms with Crippen LogP contribution in [0.1, 0.15) is 49.1 Å². The third kappa shape index (κ3) is 6.66. The first-order chi connectivity index (χ1) is 16.4. The van der Waals surface area contributed by atoms with E-state index in [0.717, 1.165) is 45.0 Å². The van der Waals surface area contributed by atoms with Gasteiger partial charge in [-0.05, 0) is 98.5 Å². The van der Waals surface area contributed by atoms with Crippen LogP contribution in [0.4, 0.5) is 14.5 Å². The first kappa shape index (κ1) is 24.4. The molecule has 0 radical (unpaired) electrons. The van der Waals surface area contributed by atoms with Crippen molar-refractivity contribution in [3.8, 4) is 0 Å². The summed E-state index contributed by atoms with van der Waals surface area (Å²) in [7, 11) is 4.14. The quantitative estimate of drug-likeness (QED) is 0.568. The Morgan fingerprint density at radius 2 is 1.71 bits per heavy atom. The molecule has 2 aromatic carbocycles. The molecule has 1 aliphatic carbocycles. The topological polar surface area (TPSA) is 35.6 Å². The smallest absolute Gasteiger partial charge is 0.244 e. The van der Waals surface area contributed by atoms with Gasteiger partial charge in [-0.1, -0.05) is 12.1 Å². The van der Waals surface area contributed by atoms with E-state index in [9.17, 15) is 13.6 Å². The Kier molecular flexibility index (Phi) is 7.99. The molecule has 4 nitrogen and oxygen atoms in total. The average Bonchev–Trinajstić information content (AvgIpc) is 3.24. The number of likely N-dealkylation sites (tertiary alicyclic amines) is 1. The van der Waals surface area contributed by atoms with Gasteiger partial charge in [-0.2, -0.15) is 0 Å². The zero-order valence-electron chi connectivity index (χ0n) is 20.1. The normalized spacial score (nSPS) is 21.8. The van der Waals surface area contributed by atoms with Crippen LogP contribution in [0.25, 0.3) is 6.08 Å². The molecule has 4 rings (SSSR count). The number of halogens is 2. The molecule has 6 heteroatoms. The number of carbonyl (C=O) groups is 1. The van der Waals surface area contributed by atoms with Gasteiger partial charge in [0.25, 0.3) is 0 Å². The molecular formula is C28H35F2N3O. The number of anilines is 1. The molecule has 0 bridgehead atoms. The van der Waals surface area contributed by atoms with Gasteiger partial charge in [0.05, 0.1) is 0 Å². The minimum atomic E-state index is -0.648. The van der Waals surface area contributed by atoms with Crippen molar-refractivity contribution in [3.05, 3.63) is 71.3 Å². The van der Waals surface area contributed by atoms with Gasteiger partial charge < -0.3 is 15.1 Å². The van der Waals surface area contributed by atoms with Gasteiger partial charge in [-0.3, -0.25) is 4.79 Å². The number of nitrogens with zero attached hydrogens (tertiary/aromatic N) is 2.